The number of nitrogens with one attached hydrogen (secondary N) is 1. The Morgan fingerprint density at radius 3 is 2.43 bits per heavy atom. The zero-order chi connectivity index (χ0) is 21.1. The van der Waals surface area contributed by atoms with E-state index in [0.29, 0.717) is 23.9 Å². The van der Waals surface area contributed by atoms with E-state index in [0.717, 1.165) is 36.6 Å². The Labute approximate surface area is 179 Å². The number of rotatable bonds is 5. The van der Waals surface area contributed by atoms with Crippen LogP contribution < -0.4 is 5.32 Å². The van der Waals surface area contributed by atoms with Crippen molar-refractivity contribution in [2.45, 2.75) is 75.8 Å². The summed E-state index contributed by atoms with van der Waals surface area (Å²) in [6.07, 6.45) is 10.7. The molecule has 0 radical (unpaired) electrons. The molecule has 2 heterocycles. The number of fused-ring (bicyclic) bond motifs is 1. The molecule has 2 aliphatic rings. The van der Waals surface area contributed by atoms with Crippen LogP contribution >= 0.6 is 0 Å². The standard InChI is InChI=1S/C23H33N3O3S/c1-18-10-14-26(15-11-18)30(28,29)21-8-9-22-19(16-21)12-13-25(22)17-23(27)24-20-6-4-2-3-5-7-20/h8-9,12-13,16,18,20H,2-7,10-11,14-15,17H2,1H3,(H,24,27). The van der Waals surface area contributed by atoms with Gasteiger partial charge in [-0.15, -0.1) is 0 Å². The average molecular weight is 432 g/mol. The van der Waals surface area contributed by atoms with Gasteiger partial charge in [0, 0.05) is 36.2 Å². The minimum absolute atomic E-state index is 0.0264. The molecule has 1 aromatic carbocycles. The highest BCUT2D eigenvalue weighted by Gasteiger charge is 2.28. The maximum absolute atomic E-state index is 13.0. The summed E-state index contributed by atoms with van der Waals surface area (Å²) < 4.78 is 29.6. The van der Waals surface area contributed by atoms with Gasteiger partial charge in [0.15, 0.2) is 0 Å². The third-order valence-corrected chi connectivity index (χ3v) is 8.55. The molecule has 2 aromatic rings. The first-order valence-electron chi connectivity index (χ1n) is 11.3. The van der Waals surface area contributed by atoms with Crippen LogP contribution in [-0.2, 0) is 21.4 Å². The topological polar surface area (TPSA) is 71.4 Å². The second-order valence-electron chi connectivity index (χ2n) is 9.01. The fraction of sp³-hybridized carbons (Fsp3) is 0.609. The van der Waals surface area contributed by atoms with E-state index < -0.39 is 10.0 Å². The van der Waals surface area contributed by atoms with Crippen molar-refractivity contribution in [3.8, 4) is 0 Å². The molecule has 1 N–H and O–H groups in total. The van der Waals surface area contributed by atoms with E-state index in [4.69, 9.17) is 0 Å². The van der Waals surface area contributed by atoms with Crippen LogP contribution in [0.5, 0.6) is 0 Å². The van der Waals surface area contributed by atoms with Crippen molar-refractivity contribution in [1.82, 2.24) is 14.2 Å². The number of benzene rings is 1. The molecule has 1 amide bonds. The molecule has 0 bridgehead atoms. The van der Waals surface area contributed by atoms with Gasteiger partial charge in [0.2, 0.25) is 15.9 Å². The first kappa shape index (κ1) is 21.4. The predicted octanol–water partition coefficient (Wildman–Crippen LogP) is 3.90. The van der Waals surface area contributed by atoms with Crippen molar-refractivity contribution < 1.29 is 13.2 Å². The highest BCUT2D eigenvalue weighted by Crippen LogP contribution is 2.26. The van der Waals surface area contributed by atoms with E-state index >= 15 is 0 Å². The Morgan fingerprint density at radius 1 is 1.03 bits per heavy atom. The number of sulfonamides is 1. The smallest absolute Gasteiger partial charge is 0.243 e. The summed E-state index contributed by atoms with van der Waals surface area (Å²) in [6.45, 7) is 3.61. The second-order valence-corrected chi connectivity index (χ2v) is 10.9. The third kappa shape index (κ3) is 4.72. The molecule has 1 saturated heterocycles. The number of hydrogen-bond acceptors (Lipinski definition) is 3. The SMILES string of the molecule is CC1CCN(S(=O)(=O)c2ccc3c(ccn3CC(=O)NC3CCCCCC3)c2)CC1. The zero-order valence-electron chi connectivity index (χ0n) is 17.8. The summed E-state index contributed by atoms with van der Waals surface area (Å²) in [5.41, 5.74) is 0.886. The van der Waals surface area contributed by atoms with E-state index in [1.807, 2.05) is 22.9 Å². The zero-order valence-corrected chi connectivity index (χ0v) is 18.7. The summed E-state index contributed by atoms with van der Waals surface area (Å²) in [5, 5.41) is 4.03. The Morgan fingerprint density at radius 2 is 1.73 bits per heavy atom. The quantitative estimate of drug-likeness (QED) is 0.730. The van der Waals surface area contributed by atoms with Gasteiger partial charge in [-0.25, -0.2) is 8.42 Å². The Balaban J connectivity index is 1.46. The largest absolute Gasteiger partial charge is 0.352 e. The van der Waals surface area contributed by atoms with Gasteiger partial charge < -0.3 is 9.88 Å². The number of amides is 1. The molecule has 2 fully saturated rings. The number of hydrogen-bond donors (Lipinski definition) is 1. The summed E-state index contributed by atoms with van der Waals surface area (Å²) in [7, 11) is -3.47. The molecule has 0 atom stereocenters. The van der Waals surface area contributed by atoms with Crippen LogP contribution in [0.2, 0.25) is 0 Å². The minimum Gasteiger partial charge on any atom is -0.352 e. The monoisotopic (exact) mass is 431 g/mol. The van der Waals surface area contributed by atoms with Crippen LogP contribution in [0.1, 0.15) is 58.3 Å². The van der Waals surface area contributed by atoms with Gasteiger partial charge in [0.25, 0.3) is 0 Å². The highest BCUT2D eigenvalue weighted by molar-refractivity contribution is 7.89. The fourth-order valence-electron chi connectivity index (χ4n) is 4.70. The number of carbonyl (C=O) groups excluding carboxylic acids is 1. The van der Waals surface area contributed by atoms with Gasteiger partial charge in [0.05, 0.1) is 4.90 Å². The van der Waals surface area contributed by atoms with Gasteiger partial charge in [-0.3, -0.25) is 4.79 Å². The Hall–Kier alpha value is -1.86. The Bertz CT molecular complexity index is 982. The number of aromatic nitrogens is 1. The van der Waals surface area contributed by atoms with Crippen molar-refractivity contribution in [3.63, 3.8) is 0 Å². The third-order valence-electron chi connectivity index (χ3n) is 6.66. The minimum atomic E-state index is -3.47. The lowest BCUT2D eigenvalue weighted by Crippen LogP contribution is -2.37. The normalized spacial score (nSPS) is 20.3. The summed E-state index contributed by atoms with van der Waals surface area (Å²) in [6, 6.07) is 7.42. The number of nitrogens with zero attached hydrogens (tertiary/aromatic N) is 2. The molecule has 6 nitrogen and oxygen atoms in total. The molecule has 0 spiro atoms. The van der Waals surface area contributed by atoms with E-state index in [-0.39, 0.29) is 18.5 Å². The van der Waals surface area contributed by atoms with Gasteiger partial charge in [0.1, 0.15) is 6.54 Å². The molecule has 1 aromatic heterocycles. The van der Waals surface area contributed by atoms with Gasteiger partial charge in [-0.1, -0.05) is 32.6 Å². The predicted molar refractivity (Wildman–Crippen MR) is 119 cm³/mol. The maximum Gasteiger partial charge on any atom is 0.243 e. The van der Waals surface area contributed by atoms with Gasteiger partial charge in [-0.2, -0.15) is 4.31 Å². The molecule has 30 heavy (non-hydrogen) atoms. The van der Waals surface area contributed by atoms with Gasteiger partial charge >= 0.3 is 0 Å². The van der Waals surface area contributed by atoms with Crippen LogP contribution in [0.15, 0.2) is 35.4 Å². The van der Waals surface area contributed by atoms with E-state index in [2.05, 4.69) is 12.2 Å². The Kier molecular flexibility index (Phi) is 6.48. The van der Waals surface area contributed by atoms with Crippen LogP contribution in [0, 0.1) is 5.92 Å². The van der Waals surface area contributed by atoms with E-state index in [1.54, 1.807) is 16.4 Å². The molecule has 7 heteroatoms. The molecule has 1 aliphatic heterocycles. The number of carbonyl (C=O) groups is 1. The number of piperidine rings is 1. The lowest BCUT2D eigenvalue weighted by Gasteiger charge is -2.29. The van der Waals surface area contributed by atoms with Crippen LogP contribution in [0.4, 0.5) is 0 Å². The van der Waals surface area contributed by atoms with Crippen LogP contribution in [-0.4, -0.2) is 42.3 Å². The summed E-state index contributed by atoms with van der Waals surface area (Å²) in [5.74, 6) is 0.607. The van der Waals surface area contributed by atoms with Crippen molar-refractivity contribution in [3.05, 3.63) is 30.5 Å². The molecule has 164 valence electrons. The van der Waals surface area contributed by atoms with Crippen molar-refractivity contribution in [2.24, 2.45) is 5.92 Å². The maximum atomic E-state index is 13.0. The lowest BCUT2D eigenvalue weighted by atomic mass is 10.0. The average Bonchev–Trinajstić information content (AvgIpc) is 2.94. The molecular formula is C23H33N3O3S. The second kappa shape index (κ2) is 9.10. The summed E-state index contributed by atoms with van der Waals surface area (Å²) in [4.78, 5) is 12.9. The molecule has 4 rings (SSSR count). The highest BCUT2D eigenvalue weighted by atomic mass is 32.2. The van der Waals surface area contributed by atoms with Crippen molar-refractivity contribution in [2.75, 3.05) is 13.1 Å². The fourth-order valence-corrected chi connectivity index (χ4v) is 6.21. The molecular weight excluding hydrogens is 398 g/mol. The van der Waals surface area contributed by atoms with E-state index in [1.165, 1.54) is 25.7 Å². The van der Waals surface area contributed by atoms with Crippen molar-refractivity contribution in [1.29, 1.82) is 0 Å². The van der Waals surface area contributed by atoms with Gasteiger partial charge in [-0.05, 0) is 55.9 Å². The first-order valence-corrected chi connectivity index (χ1v) is 12.8. The molecule has 1 aliphatic carbocycles. The van der Waals surface area contributed by atoms with E-state index in [9.17, 15) is 13.2 Å². The van der Waals surface area contributed by atoms with Crippen molar-refractivity contribution >= 4 is 26.8 Å². The van der Waals surface area contributed by atoms with Crippen LogP contribution in [0.25, 0.3) is 10.9 Å². The lowest BCUT2D eigenvalue weighted by molar-refractivity contribution is -0.122. The first-order chi connectivity index (χ1) is 14.4. The molecule has 1 saturated carbocycles. The van der Waals surface area contributed by atoms with Crippen LogP contribution in [0.3, 0.4) is 0 Å². The summed E-state index contributed by atoms with van der Waals surface area (Å²) >= 11 is 0. The molecule has 0 unspecified atom stereocenters.